The molecule has 3 rings (SSSR count). The van der Waals surface area contributed by atoms with Gasteiger partial charge in [0, 0.05) is 29.4 Å². The van der Waals surface area contributed by atoms with E-state index in [9.17, 15) is 4.79 Å². The van der Waals surface area contributed by atoms with Crippen molar-refractivity contribution in [1.29, 1.82) is 0 Å². The summed E-state index contributed by atoms with van der Waals surface area (Å²) in [7, 11) is 0. The van der Waals surface area contributed by atoms with E-state index >= 15 is 0 Å². The first-order chi connectivity index (χ1) is 10.2. The molecule has 2 aliphatic heterocycles. The second-order valence-electron chi connectivity index (χ2n) is 5.69. The first-order valence-corrected chi connectivity index (χ1v) is 9.45. The molecule has 1 N–H and O–H groups in total. The second kappa shape index (κ2) is 7.05. The third-order valence-corrected chi connectivity index (χ3v) is 5.62. The van der Waals surface area contributed by atoms with Crippen LogP contribution >= 0.6 is 27.7 Å². The number of fused-ring (bicyclic) bond motifs is 1. The number of amides is 1. The fraction of sp³-hybridized carbons (Fsp3) is 0.562. The van der Waals surface area contributed by atoms with Crippen LogP contribution < -0.4 is 10.1 Å². The number of benzene rings is 1. The van der Waals surface area contributed by atoms with E-state index in [0.29, 0.717) is 18.9 Å². The van der Waals surface area contributed by atoms with Gasteiger partial charge in [0.15, 0.2) is 0 Å². The van der Waals surface area contributed by atoms with Gasteiger partial charge in [-0.25, -0.2) is 0 Å². The number of carbonyl (C=O) groups is 1. The summed E-state index contributed by atoms with van der Waals surface area (Å²) in [6.07, 6.45) is 3.97. The molecule has 0 radical (unpaired) electrons. The third kappa shape index (κ3) is 3.95. The number of rotatable bonds is 4. The van der Waals surface area contributed by atoms with E-state index in [1.807, 2.05) is 17.8 Å². The monoisotopic (exact) mass is 369 g/mol. The van der Waals surface area contributed by atoms with E-state index in [4.69, 9.17) is 4.74 Å². The van der Waals surface area contributed by atoms with E-state index in [0.717, 1.165) is 28.8 Å². The van der Waals surface area contributed by atoms with Gasteiger partial charge in [-0.1, -0.05) is 15.9 Å². The Morgan fingerprint density at radius 1 is 1.38 bits per heavy atom. The van der Waals surface area contributed by atoms with Gasteiger partial charge in [0.1, 0.15) is 5.75 Å². The standard InChI is InChI=1S/C16H20BrNO2S/c17-14-8-12-1-4-20-16(12)13(9-14)10-18-15(19)7-11-2-5-21-6-3-11/h8-9,11H,1-7,10H2,(H,18,19). The molecular weight excluding hydrogens is 350 g/mol. The SMILES string of the molecule is O=C(CC1CCSCC1)NCc1cc(Br)cc2c1OCC2. The summed E-state index contributed by atoms with van der Waals surface area (Å²) in [4.78, 5) is 12.1. The van der Waals surface area contributed by atoms with E-state index in [2.05, 4.69) is 27.3 Å². The highest BCUT2D eigenvalue weighted by Gasteiger charge is 2.20. The molecule has 0 saturated carbocycles. The average Bonchev–Trinajstić information content (AvgIpc) is 2.94. The number of nitrogens with one attached hydrogen (secondary N) is 1. The molecule has 2 heterocycles. The van der Waals surface area contributed by atoms with Crippen LogP contribution in [0.25, 0.3) is 0 Å². The summed E-state index contributed by atoms with van der Waals surface area (Å²) >= 11 is 5.53. The van der Waals surface area contributed by atoms with Gasteiger partial charge >= 0.3 is 0 Å². The van der Waals surface area contributed by atoms with Crippen molar-refractivity contribution in [2.75, 3.05) is 18.1 Å². The van der Waals surface area contributed by atoms with Gasteiger partial charge in [-0.3, -0.25) is 4.79 Å². The Kier molecular flexibility index (Phi) is 5.11. The van der Waals surface area contributed by atoms with Crippen LogP contribution in [-0.4, -0.2) is 24.0 Å². The summed E-state index contributed by atoms with van der Waals surface area (Å²) in [5.74, 6) is 4.09. The highest BCUT2D eigenvalue weighted by Crippen LogP contribution is 2.33. The Labute approximate surface area is 138 Å². The molecule has 3 nitrogen and oxygen atoms in total. The molecule has 21 heavy (non-hydrogen) atoms. The molecular formula is C16H20BrNO2S. The van der Waals surface area contributed by atoms with Crippen LogP contribution in [0.1, 0.15) is 30.4 Å². The number of carbonyl (C=O) groups excluding carboxylic acids is 1. The van der Waals surface area contributed by atoms with Crippen LogP contribution in [0.5, 0.6) is 5.75 Å². The minimum atomic E-state index is 0.165. The molecule has 0 atom stereocenters. The van der Waals surface area contributed by atoms with Gasteiger partial charge in [-0.15, -0.1) is 0 Å². The number of ether oxygens (including phenoxy) is 1. The summed E-state index contributed by atoms with van der Waals surface area (Å²) in [5, 5.41) is 3.06. The Balaban J connectivity index is 1.56. The Bertz CT molecular complexity index is 529. The van der Waals surface area contributed by atoms with Crippen molar-refractivity contribution in [3.63, 3.8) is 0 Å². The Hall–Kier alpha value is -0.680. The van der Waals surface area contributed by atoms with Crippen molar-refractivity contribution in [1.82, 2.24) is 5.32 Å². The summed E-state index contributed by atoms with van der Waals surface area (Å²) < 4.78 is 6.75. The lowest BCUT2D eigenvalue weighted by Gasteiger charge is -2.20. The maximum atomic E-state index is 12.1. The lowest BCUT2D eigenvalue weighted by molar-refractivity contribution is -0.122. The van der Waals surface area contributed by atoms with Crippen LogP contribution in [0.4, 0.5) is 0 Å². The maximum Gasteiger partial charge on any atom is 0.220 e. The lowest BCUT2D eigenvalue weighted by atomic mass is 9.98. The largest absolute Gasteiger partial charge is 0.493 e. The van der Waals surface area contributed by atoms with Crippen molar-refractivity contribution in [3.05, 3.63) is 27.7 Å². The van der Waals surface area contributed by atoms with E-state index in [1.165, 1.54) is 29.9 Å². The second-order valence-corrected chi connectivity index (χ2v) is 7.83. The molecule has 5 heteroatoms. The van der Waals surface area contributed by atoms with Gasteiger partial charge in [-0.05, 0) is 48.0 Å². The van der Waals surface area contributed by atoms with E-state index in [-0.39, 0.29) is 5.91 Å². The molecule has 0 aliphatic carbocycles. The molecule has 1 amide bonds. The topological polar surface area (TPSA) is 38.3 Å². The van der Waals surface area contributed by atoms with Gasteiger partial charge in [0.05, 0.1) is 6.61 Å². The van der Waals surface area contributed by atoms with Crippen LogP contribution in [0.3, 0.4) is 0 Å². The third-order valence-electron chi connectivity index (χ3n) is 4.12. The van der Waals surface area contributed by atoms with Crippen LogP contribution in [0, 0.1) is 5.92 Å². The number of halogens is 1. The minimum Gasteiger partial charge on any atom is -0.493 e. The van der Waals surface area contributed by atoms with E-state index < -0.39 is 0 Å². The first kappa shape index (κ1) is 15.2. The molecule has 0 unspecified atom stereocenters. The minimum absolute atomic E-state index is 0.165. The molecule has 2 aliphatic rings. The van der Waals surface area contributed by atoms with Crippen LogP contribution in [0.15, 0.2) is 16.6 Å². The molecule has 0 spiro atoms. The van der Waals surface area contributed by atoms with Gasteiger partial charge in [0.25, 0.3) is 0 Å². The highest BCUT2D eigenvalue weighted by atomic mass is 79.9. The summed E-state index contributed by atoms with van der Waals surface area (Å²) in [5.41, 5.74) is 2.31. The maximum absolute atomic E-state index is 12.1. The van der Waals surface area contributed by atoms with E-state index in [1.54, 1.807) is 0 Å². The van der Waals surface area contributed by atoms with Crippen molar-refractivity contribution in [2.24, 2.45) is 5.92 Å². The zero-order valence-electron chi connectivity index (χ0n) is 12.0. The van der Waals surface area contributed by atoms with Gasteiger partial charge in [-0.2, -0.15) is 11.8 Å². The average molecular weight is 370 g/mol. The van der Waals surface area contributed by atoms with Crippen molar-refractivity contribution < 1.29 is 9.53 Å². The predicted molar refractivity (Wildman–Crippen MR) is 89.9 cm³/mol. The molecule has 0 bridgehead atoms. The van der Waals surface area contributed by atoms with Crippen molar-refractivity contribution >= 4 is 33.6 Å². The van der Waals surface area contributed by atoms with Crippen LogP contribution in [0.2, 0.25) is 0 Å². The Morgan fingerprint density at radius 3 is 3.00 bits per heavy atom. The van der Waals surface area contributed by atoms with Gasteiger partial charge < -0.3 is 10.1 Å². The van der Waals surface area contributed by atoms with Crippen molar-refractivity contribution in [3.8, 4) is 5.75 Å². The summed E-state index contributed by atoms with van der Waals surface area (Å²) in [6, 6.07) is 4.15. The smallest absolute Gasteiger partial charge is 0.220 e. The molecule has 114 valence electrons. The fourth-order valence-corrected chi connectivity index (χ4v) is 4.71. The zero-order valence-corrected chi connectivity index (χ0v) is 14.4. The summed E-state index contributed by atoms with van der Waals surface area (Å²) in [6.45, 7) is 1.30. The molecule has 1 aromatic rings. The number of hydrogen-bond acceptors (Lipinski definition) is 3. The predicted octanol–water partition coefficient (Wildman–Crippen LogP) is 3.53. The van der Waals surface area contributed by atoms with Gasteiger partial charge in [0.2, 0.25) is 5.91 Å². The first-order valence-electron chi connectivity index (χ1n) is 7.51. The number of thioether (sulfide) groups is 1. The zero-order chi connectivity index (χ0) is 14.7. The van der Waals surface area contributed by atoms with Crippen LogP contribution in [-0.2, 0) is 17.8 Å². The lowest BCUT2D eigenvalue weighted by Crippen LogP contribution is -2.26. The quantitative estimate of drug-likeness (QED) is 0.881. The molecule has 1 fully saturated rings. The molecule has 1 aromatic carbocycles. The fourth-order valence-electron chi connectivity index (χ4n) is 2.96. The molecule has 1 saturated heterocycles. The Morgan fingerprint density at radius 2 is 2.19 bits per heavy atom. The number of hydrogen-bond donors (Lipinski definition) is 1. The van der Waals surface area contributed by atoms with Crippen molar-refractivity contribution in [2.45, 2.75) is 32.2 Å². The normalized spacial score (nSPS) is 18.1. The molecule has 0 aromatic heterocycles. The highest BCUT2D eigenvalue weighted by molar-refractivity contribution is 9.10.